The molecule has 5 heteroatoms. The molecule has 0 atom stereocenters. The van der Waals surface area contributed by atoms with Crippen LogP contribution in [0.25, 0.3) is 11.0 Å². The summed E-state index contributed by atoms with van der Waals surface area (Å²) in [6.45, 7) is 0. The molecule has 0 unspecified atom stereocenters. The normalized spacial score (nSPS) is 10.6. The molecule has 3 aromatic rings. The number of hydrogen-bond acceptors (Lipinski definition) is 3. The van der Waals surface area contributed by atoms with E-state index in [0.29, 0.717) is 24.3 Å². The van der Waals surface area contributed by atoms with Gasteiger partial charge in [-0.2, -0.15) is 0 Å². The van der Waals surface area contributed by atoms with Gasteiger partial charge in [-0.3, -0.25) is 4.79 Å². The Morgan fingerprint density at radius 1 is 1.18 bits per heavy atom. The van der Waals surface area contributed by atoms with Gasteiger partial charge in [0.05, 0.1) is 23.8 Å². The number of nitrogens with one attached hydrogen (secondary N) is 2. The smallest absolute Gasteiger partial charge is 0.224 e. The lowest BCUT2D eigenvalue weighted by molar-refractivity contribution is -0.116. The molecular formula is C17H17N3O2. The molecule has 3 rings (SSSR count). The Morgan fingerprint density at radius 3 is 2.77 bits per heavy atom. The van der Waals surface area contributed by atoms with Crippen LogP contribution >= 0.6 is 0 Å². The van der Waals surface area contributed by atoms with Gasteiger partial charge < -0.3 is 15.0 Å². The minimum absolute atomic E-state index is 0.0649. The highest BCUT2D eigenvalue weighted by Gasteiger charge is 2.09. The number of ether oxygens (including phenoxy) is 1. The first-order valence-corrected chi connectivity index (χ1v) is 7.13. The number of H-pyrrole nitrogens is 1. The predicted octanol–water partition coefficient (Wildman–Crippen LogP) is 3.14. The molecule has 1 heterocycles. The zero-order chi connectivity index (χ0) is 15.4. The van der Waals surface area contributed by atoms with Crippen molar-refractivity contribution in [3.63, 3.8) is 0 Å². The number of para-hydroxylation sites is 4. The van der Waals surface area contributed by atoms with E-state index in [1.807, 2.05) is 48.5 Å². The van der Waals surface area contributed by atoms with Crippen LogP contribution in [-0.4, -0.2) is 23.0 Å². The number of anilines is 1. The summed E-state index contributed by atoms with van der Waals surface area (Å²) in [6, 6.07) is 15.2. The van der Waals surface area contributed by atoms with Gasteiger partial charge in [0, 0.05) is 12.8 Å². The third kappa shape index (κ3) is 3.09. The Hall–Kier alpha value is -2.82. The van der Waals surface area contributed by atoms with Gasteiger partial charge in [-0.05, 0) is 24.3 Å². The topological polar surface area (TPSA) is 67.0 Å². The maximum atomic E-state index is 12.1. The molecule has 0 aliphatic rings. The number of carbonyl (C=O) groups excluding carboxylic acids is 1. The molecule has 0 saturated carbocycles. The maximum Gasteiger partial charge on any atom is 0.224 e. The quantitative estimate of drug-likeness (QED) is 0.760. The molecule has 0 radical (unpaired) electrons. The van der Waals surface area contributed by atoms with Crippen LogP contribution in [0.4, 0.5) is 5.69 Å². The molecule has 0 bridgehead atoms. The van der Waals surface area contributed by atoms with Crippen LogP contribution in [0.15, 0.2) is 48.5 Å². The van der Waals surface area contributed by atoms with Crippen LogP contribution in [0.5, 0.6) is 5.75 Å². The summed E-state index contributed by atoms with van der Waals surface area (Å²) >= 11 is 0. The van der Waals surface area contributed by atoms with Gasteiger partial charge in [-0.25, -0.2) is 4.98 Å². The van der Waals surface area contributed by atoms with Gasteiger partial charge in [-0.15, -0.1) is 0 Å². The third-order valence-corrected chi connectivity index (χ3v) is 3.41. The van der Waals surface area contributed by atoms with Crippen molar-refractivity contribution in [3.05, 3.63) is 54.4 Å². The fraction of sp³-hybridized carbons (Fsp3) is 0.176. The van der Waals surface area contributed by atoms with Crippen molar-refractivity contribution in [3.8, 4) is 5.75 Å². The van der Waals surface area contributed by atoms with Gasteiger partial charge >= 0.3 is 0 Å². The number of fused-ring (bicyclic) bond motifs is 1. The molecule has 0 spiro atoms. The van der Waals surface area contributed by atoms with E-state index in [-0.39, 0.29) is 5.91 Å². The van der Waals surface area contributed by atoms with Gasteiger partial charge in [-0.1, -0.05) is 24.3 Å². The third-order valence-electron chi connectivity index (χ3n) is 3.41. The number of imidazole rings is 1. The molecule has 0 saturated heterocycles. The van der Waals surface area contributed by atoms with Crippen molar-refractivity contribution < 1.29 is 9.53 Å². The molecule has 0 aliphatic heterocycles. The van der Waals surface area contributed by atoms with Gasteiger partial charge in [0.2, 0.25) is 5.91 Å². The number of amides is 1. The Kier molecular flexibility index (Phi) is 4.05. The van der Waals surface area contributed by atoms with E-state index in [4.69, 9.17) is 4.74 Å². The number of methoxy groups -OCH3 is 1. The summed E-state index contributed by atoms with van der Waals surface area (Å²) in [5, 5.41) is 2.86. The molecular weight excluding hydrogens is 278 g/mol. The monoisotopic (exact) mass is 295 g/mol. The minimum Gasteiger partial charge on any atom is -0.495 e. The largest absolute Gasteiger partial charge is 0.495 e. The first-order chi connectivity index (χ1) is 10.8. The first-order valence-electron chi connectivity index (χ1n) is 7.13. The second-order valence-corrected chi connectivity index (χ2v) is 4.95. The lowest BCUT2D eigenvalue weighted by Gasteiger charge is -2.09. The molecule has 2 aromatic carbocycles. The van der Waals surface area contributed by atoms with Crippen molar-refractivity contribution in [1.82, 2.24) is 9.97 Å². The summed E-state index contributed by atoms with van der Waals surface area (Å²) in [5.41, 5.74) is 2.59. The zero-order valence-electron chi connectivity index (χ0n) is 12.3. The number of nitrogens with zero attached hydrogens (tertiary/aromatic N) is 1. The molecule has 2 N–H and O–H groups in total. The second kappa shape index (κ2) is 6.30. The van der Waals surface area contributed by atoms with E-state index in [0.717, 1.165) is 16.9 Å². The maximum absolute atomic E-state index is 12.1. The van der Waals surface area contributed by atoms with Crippen LogP contribution in [0.2, 0.25) is 0 Å². The first kappa shape index (κ1) is 14.1. The molecule has 0 fully saturated rings. The number of hydrogen-bond donors (Lipinski definition) is 2. The lowest BCUT2D eigenvalue weighted by Crippen LogP contribution is -2.13. The number of carbonyl (C=O) groups is 1. The second-order valence-electron chi connectivity index (χ2n) is 4.95. The molecule has 112 valence electrons. The van der Waals surface area contributed by atoms with E-state index in [1.165, 1.54) is 0 Å². The Labute approximate surface area is 128 Å². The van der Waals surface area contributed by atoms with Crippen molar-refractivity contribution in [2.24, 2.45) is 0 Å². The van der Waals surface area contributed by atoms with E-state index in [2.05, 4.69) is 15.3 Å². The highest BCUT2D eigenvalue weighted by atomic mass is 16.5. The highest BCUT2D eigenvalue weighted by Crippen LogP contribution is 2.23. The summed E-state index contributed by atoms with van der Waals surface area (Å²) in [7, 11) is 1.58. The van der Waals surface area contributed by atoms with Crippen molar-refractivity contribution in [2.45, 2.75) is 12.8 Å². The highest BCUT2D eigenvalue weighted by molar-refractivity contribution is 5.92. The number of benzene rings is 2. The Balaban J connectivity index is 1.62. The van der Waals surface area contributed by atoms with Crippen LogP contribution in [0, 0.1) is 0 Å². The summed E-state index contributed by atoms with van der Waals surface area (Å²) in [6.07, 6.45) is 0.924. The Bertz CT molecular complexity index is 762. The van der Waals surface area contributed by atoms with Crippen molar-refractivity contribution in [2.75, 3.05) is 12.4 Å². The average molecular weight is 295 g/mol. The number of aryl methyl sites for hydroxylation is 1. The molecule has 0 aliphatic carbocycles. The standard InChI is InChI=1S/C17H17N3O2/c1-22-15-9-5-4-8-14(15)20-17(21)11-10-16-18-12-6-2-3-7-13(12)19-16/h2-9H,10-11H2,1H3,(H,18,19)(H,20,21). The predicted molar refractivity (Wildman–Crippen MR) is 86.0 cm³/mol. The van der Waals surface area contributed by atoms with Gasteiger partial charge in [0.15, 0.2) is 0 Å². The van der Waals surface area contributed by atoms with Crippen LogP contribution in [0.3, 0.4) is 0 Å². The Morgan fingerprint density at radius 2 is 1.95 bits per heavy atom. The van der Waals surface area contributed by atoms with E-state index in [9.17, 15) is 4.79 Å². The number of rotatable bonds is 5. The molecule has 22 heavy (non-hydrogen) atoms. The minimum atomic E-state index is -0.0649. The number of aromatic amines is 1. The van der Waals surface area contributed by atoms with Crippen molar-refractivity contribution >= 4 is 22.6 Å². The van der Waals surface area contributed by atoms with E-state index in [1.54, 1.807) is 7.11 Å². The fourth-order valence-electron chi connectivity index (χ4n) is 2.32. The zero-order valence-corrected chi connectivity index (χ0v) is 12.3. The van der Waals surface area contributed by atoms with Crippen molar-refractivity contribution in [1.29, 1.82) is 0 Å². The molecule has 1 amide bonds. The molecule has 5 nitrogen and oxygen atoms in total. The lowest BCUT2D eigenvalue weighted by atomic mass is 10.2. The fourth-order valence-corrected chi connectivity index (χ4v) is 2.32. The summed E-state index contributed by atoms with van der Waals surface area (Å²) in [5.74, 6) is 1.40. The number of aromatic nitrogens is 2. The molecule has 1 aromatic heterocycles. The SMILES string of the molecule is COc1ccccc1NC(=O)CCc1nc2ccccc2[nH]1. The van der Waals surface area contributed by atoms with E-state index < -0.39 is 0 Å². The summed E-state index contributed by atoms with van der Waals surface area (Å²) < 4.78 is 5.22. The van der Waals surface area contributed by atoms with Gasteiger partial charge in [0.1, 0.15) is 11.6 Å². The van der Waals surface area contributed by atoms with E-state index >= 15 is 0 Å². The van der Waals surface area contributed by atoms with Crippen LogP contribution in [0.1, 0.15) is 12.2 Å². The van der Waals surface area contributed by atoms with Crippen LogP contribution < -0.4 is 10.1 Å². The van der Waals surface area contributed by atoms with Crippen LogP contribution in [-0.2, 0) is 11.2 Å². The van der Waals surface area contributed by atoms with Gasteiger partial charge in [0.25, 0.3) is 0 Å². The average Bonchev–Trinajstić information content (AvgIpc) is 2.96. The summed E-state index contributed by atoms with van der Waals surface area (Å²) in [4.78, 5) is 19.7.